The number of rotatable bonds is 6. The van der Waals surface area contributed by atoms with Crippen molar-refractivity contribution < 1.29 is 9.66 Å². The molecule has 7 heteroatoms. The number of halogens is 1. The Kier molecular flexibility index (Phi) is 5.64. The van der Waals surface area contributed by atoms with Gasteiger partial charge in [0, 0.05) is 41.1 Å². The van der Waals surface area contributed by atoms with Crippen LogP contribution in [0.4, 0.5) is 17.1 Å². The molecule has 0 saturated carbocycles. The van der Waals surface area contributed by atoms with Crippen LogP contribution in [0.25, 0.3) is 0 Å². The number of nitrogens with zero attached hydrogens (tertiary/aromatic N) is 2. The van der Waals surface area contributed by atoms with Gasteiger partial charge in [0.15, 0.2) is 6.23 Å². The van der Waals surface area contributed by atoms with Crippen LogP contribution in [0, 0.1) is 10.1 Å². The highest BCUT2D eigenvalue weighted by atomic mass is 35.5. The van der Waals surface area contributed by atoms with Crippen molar-refractivity contribution in [3.63, 3.8) is 0 Å². The second kappa shape index (κ2) is 8.51. The highest BCUT2D eigenvalue weighted by Gasteiger charge is 2.32. The molecule has 4 rings (SSSR count). The molecule has 1 unspecified atom stereocenters. The van der Waals surface area contributed by atoms with Crippen molar-refractivity contribution in [2.75, 3.05) is 23.3 Å². The van der Waals surface area contributed by atoms with E-state index in [0.717, 1.165) is 16.9 Å². The number of nitrogens with one attached hydrogen (secondary N) is 1. The first-order valence-electron chi connectivity index (χ1n) is 9.32. The van der Waals surface area contributed by atoms with E-state index in [9.17, 15) is 10.1 Å². The third-order valence-electron chi connectivity index (χ3n) is 4.91. The number of para-hydroxylation sites is 2. The van der Waals surface area contributed by atoms with Crippen molar-refractivity contribution >= 4 is 28.7 Å². The molecule has 1 atom stereocenters. The quantitative estimate of drug-likeness (QED) is 0.436. The van der Waals surface area contributed by atoms with Crippen LogP contribution in [0.15, 0.2) is 72.8 Å². The van der Waals surface area contributed by atoms with E-state index in [1.165, 1.54) is 6.07 Å². The van der Waals surface area contributed by atoms with Crippen LogP contribution in [0.1, 0.15) is 17.4 Å². The van der Waals surface area contributed by atoms with Crippen LogP contribution in [-0.4, -0.2) is 18.0 Å². The average Bonchev–Trinajstić information content (AvgIpc) is 2.75. The molecule has 0 saturated heterocycles. The fourth-order valence-electron chi connectivity index (χ4n) is 3.54. The van der Waals surface area contributed by atoms with E-state index in [2.05, 4.69) is 10.2 Å². The number of anilines is 2. The smallest absolute Gasteiger partial charge is 0.277 e. The second-order valence-electron chi connectivity index (χ2n) is 6.74. The van der Waals surface area contributed by atoms with Gasteiger partial charge < -0.3 is 15.0 Å². The SMILES string of the molecule is O=[N+]([O-])c1ccccc1C1OCc2ccccc2N1CCNc1ccc(Cl)cc1. The van der Waals surface area contributed by atoms with Crippen molar-refractivity contribution in [2.24, 2.45) is 0 Å². The summed E-state index contributed by atoms with van der Waals surface area (Å²) in [6.07, 6.45) is -0.529. The zero-order valence-electron chi connectivity index (χ0n) is 15.6. The van der Waals surface area contributed by atoms with Crippen LogP contribution < -0.4 is 10.2 Å². The van der Waals surface area contributed by atoms with E-state index in [1.807, 2.05) is 48.5 Å². The number of ether oxygens (including phenoxy) is 1. The topological polar surface area (TPSA) is 67.6 Å². The lowest BCUT2D eigenvalue weighted by Crippen LogP contribution is -2.38. The van der Waals surface area contributed by atoms with E-state index in [1.54, 1.807) is 18.2 Å². The highest BCUT2D eigenvalue weighted by molar-refractivity contribution is 6.30. The Morgan fingerprint density at radius 2 is 1.79 bits per heavy atom. The predicted octanol–water partition coefficient (Wildman–Crippen LogP) is 5.40. The summed E-state index contributed by atoms with van der Waals surface area (Å²) in [5.74, 6) is 0. The van der Waals surface area contributed by atoms with Gasteiger partial charge in [0.25, 0.3) is 5.69 Å². The molecular formula is C22H20ClN3O3. The molecule has 6 nitrogen and oxygen atoms in total. The Bertz CT molecular complexity index is 1010. The van der Waals surface area contributed by atoms with Gasteiger partial charge in [-0.1, -0.05) is 41.9 Å². The third-order valence-corrected chi connectivity index (χ3v) is 5.16. The lowest BCUT2D eigenvalue weighted by molar-refractivity contribution is -0.386. The number of hydrogen-bond acceptors (Lipinski definition) is 5. The van der Waals surface area contributed by atoms with E-state index < -0.39 is 6.23 Å². The molecule has 0 fully saturated rings. The molecule has 0 aliphatic carbocycles. The largest absolute Gasteiger partial charge is 0.383 e. The minimum Gasteiger partial charge on any atom is -0.383 e. The first-order valence-corrected chi connectivity index (χ1v) is 9.70. The molecule has 3 aromatic rings. The number of hydrogen-bond donors (Lipinski definition) is 1. The van der Waals surface area contributed by atoms with Gasteiger partial charge >= 0.3 is 0 Å². The van der Waals surface area contributed by atoms with E-state index >= 15 is 0 Å². The van der Waals surface area contributed by atoms with Gasteiger partial charge in [-0.05, 0) is 36.4 Å². The fourth-order valence-corrected chi connectivity index (χ4v) is 3.67. The van der Waals surface area contributed by atoms with Crippen molar-refractivity contribution in [3.8, 4) is 0 Å². The monoisotopic (exact) mass is 409 g/mol. The van der Waals surface area contributed by atoms with Crippen molar-refractivity contribution in [3.05, 3.63) is 99.1 Å². The summed E-state index contributed by atoms with van der Waals surface area (Å²) in [6, 6.07) is 22.2. The highest BCUT2D eigenvalue weighted by Crippen LogP contribution is 2.39. The van der Waals surface area contributed by atoms with Crippen LogP contribution in [0.5, 0.6) is 0 Å². The molecular weight excluding hydrogens is 390 g/mol. The van der Waals surface area contributed by atoms with Gasteiger partial charge in [-0.15, -0.1) is 0 Å². The lowest BCUT2D eigenvalue weighted by Gasteiger charge is -2.38. The fraction of sp³-hybridized carbons (Fsp3) is 0.182. The molecule has 0 aromatic heterocycles. The molecule has 1 N–H and O–H groups in total. The van der Waals surface area contributed by atoms with E-state index in [0.29, 0.717) is 30.3 Å². The summed E-state index contributed by atoms with van der Waals surface area (Å²) in [7, 11) is 0. The molecule has 29 heavy (non-hydrogen) atoms. The van der Waals surface area contributed by atoms with Gasteiger partial charge in [-0.25, -0.2) is 0 Å². The van der Waals surface area contributed by atoms with Crippen LogP contribution in [0.2, 0.25) is 5.02 Å². The number of fused-ring (bicyclic) bond motifs is 1. The Morgan fingerprint density at radius 3 is 2.59 bits per heavy atom. The Balaban J connectivity index is 1.61. The summed E-state index contributed by atoms with van der Waals surface area (Å²) in [5.41, 5.74) is 3.67. The molecule has 0 radical (unpaired) electrons. The number of benzene rings is 3. The van der Waals surface area contributed by atoms with E-state index in [4.69, 9.17) is 16.3 Å². The Morgan fingerprint density at radius 1 is 1.07 bits per heavy atom. The van der Waals surface area contributed by atoms with Gasteiger partial charge in [-0.3, -0.25) is 10.1 Å². The Hall–Kier alpha value is -3.09. The van der Waals surface area contributed by atoms with Gasteiger partial charge in [-0.2, -0.15) is 0 Å². The minimum absolute atomic E-state index is 0.0625. The molecule has 0 amide bonds. The zero-order valence-corrected chi connectivity index (χ0v) is 16.4. The summed E-state index contributed by atoms with van der Waals surface area (Å²) in [5, 5.41) is 15.6. The molecule has 0 bridgehead atoms. The standard InChI is InChI=1S/C22H20ClN3O3/c23-17-9-11-18(12-10-17)24-13-14-25-20-7-3-1-5-16(20)15-29-22(25)19-6-2-4-8-21(19)26(27)28/h1-12,22,24H,13-15H2. The van der Waals surface area contributed by atoms with Gasteiger partial charge in [0.2, 0.25) is 0 Å². The van der Waals surface area contributed by atoms with Crippen molar-refractivity contribution in [1.82, 2.24) is 0 Å². The lowest BCUT2D eigenvalue weighted by atomic mass is 10.1. The normalized spacial score (nSPS) is 15.6. The zero-order chi connectivity index (χ0) is 20.2. The molecule has 0 spiro atoms. The molecule has 1 heterocycles. The number of nitro benzene ring substituents is 1. The summed E-state index contributed by atoms with van der Waals surface area (Å²) in [4.78, 5) is 13.3. The summed E-state index contributed by atoms with van der Waals surface area (Å²) in [6.45, 7) is 1.65. The maximum atomic E-state index is 11.6. The second-order valence-corrected chi connectivity index (χ2v) is 7.17. The molecule has 1 aliphatic rings. The summed E-state index contributed by atoms with van der Waals surface area (Å²) >= 11 is 5.94. The average molecular weight is 410 g/mol. The predicted molar refractivity (Wildman–Crippen MR) is 114 cm³/mol. The maximum absolute atomic E-state index is 11.6. The molecule has 1 aliphatic heterocycles. The van der Waals surface area contributed by atoms with Gasteiger partial charge in [0.05, 0.1) is 17.1 Å². The summed E-state index contributed by atoms with van der Waals surface area (Å²) < 4.78 is 6.09. The van der Waals surface area contributed by atoms with Crippen molar-refractivity contribution in [2.45, 2.75) is 12.8 Å². The Labute approximate surface area is 173 Å². The first-order chi connectivity index (χ1) is 14.1. The first kappa shape index (κ1) is 19.2. The minimum atomic E-state index is -0.529. The molecule has 148 valence electrons. The van der Waals surface area contributed by atoms with Gasteiger partial charge in [0.1, 0.15) is 0 Å². The van der Waals surface area contributed by atoms with Crippen LogP contribution in [-0.2, 0) is 11.3 Å². The molecule has 3 aromatic carbocycles. The van der Waals surface area contributed by atoms with Crippen LogP contribution in [0.3, 0.4) is 0 Å². The van der Waals surface area contributed by atoms with E-state index in [-0.39, 0.29) is 10.6 Å². The van der Waals surface area contributed by atoms with Crippen molar-refractivity contribution in [1.29, 1.82) is 0 Å². The maximum Gasteiger partial charge on any atom is 0.277 e. The third kappa shape index (κ3) is 4.18. The number of nitro groups is 1. The van der Waals surface area contributed by atoms with Crippen LogP contribution >= 0.6 is 11.6 Å².